The summed E-state index contributed by atoms with van der Waals surface area (Å²) >= 11 is 0. The van der Waals surface area contributed by atoms with E-state index >= 15 is 0 Å². The van der Waals surface area contributed by atoms with Gasteiger partial charge < -0.3 is 10.1 Å². The predicted octanol–water partition coefficient (Wildman–Crippen LogP) is 2.47. The van der Waals surface area contributed by atoms with Crippen molar-refractivity contribution in [2.45, 2.75) is 50.7 Å². The molecule has 146 valence electrons. The van der Waals surface area contributed by atoms with Crippen LogP contribution in [0.2, 0.25) is 0 Å². The van der Waals surface area contributed by atoms with E-state index in [1.54, 1.807) is 24.3 Å². The van der Waals surface area contributed by atoms with E-state index in [9.17, 15) is 13.2 Å². The normalized spacial score (nSPS) is 17.2. The molecule has 0 saturated heterocycles. The van der Waals surface area contributed by atoms with Crippen LogP contribution >= 0.6 is 0 Å². The molecule has 0 spiro atoms. The average Bonchev–Trinajstić information content (AvgIpc) is 2.62. The maximum absolute atomic E-state index is 12.6. The zero-order valence-corrected chi connectivity index (χ0v) is 16.5. The van der Waals surface area contributed by atoms with Gasteiger partial charge in [0.05, 0.1) is 12.4 Å². The molecule has 0 bridgehead atoms. The van der Waals surface area contributed by atoms with Crippen molar-refractivity contribution in [2.24, 2.45) is 0 Å². The first-order chi connectivity index (χ1) is 12.4. The highest BCUT2D eigenvalue weighted by molar-refractivity contribution is 7.88. The van der Waals surface area contributed by atoms with Gasteiger partial charge in [-0.15, -0.1) is 0 Å². The smallest absolute Gasteiger partial charge is 0.242 e. The first-order valence-corrected chi connectivity index (χ1v) is 11.1. The summed E-state index contributed by atoms with van der Waals surface area (Å²) in [5, 5.41) is 2.85. The van der Waals surface area contributed by atoms with Crippen LogP contribution in [0, 0.1) is 0 Å². The van der Waals surface area contributed by atoms with Crippen LogP contribution < -0.4 is 5.32 Å². The Morgan fingerprint density at radius 2 is 1.88 bits per heavy atom. The molecule has 0 heterocycles. The highest BCUT2D eigenvalue weighted by Crippen LogP contribution is 2.22. The number of amides is 1. The third-order valence-corrected chi connectivity index (χ3v) is 6.03. The highest BCUT2D eigenvalue weighted by Gasteiger charge is 2.30. The van der Waals surface area contributed by atoms with Crippen molar-refractivity contribution in [2.75, 3.05) is 26.5 Å². The van der Waals surface area contributed by atoms with Crippen LogP contribution in [0.4, 0.5) is 0 Å². The maximum Gasteiger partial charge on any atom is 0.242 e. The third-order valence-electron chi connectivity index (χ3n) is 4.78. The van der Waals surface area contributed by atoms with E-state index in [2.05, 4.69) is 5.32 Å². The molecule has 1 saturated carbocycles. The summed E-state index contributed by atoms with van der Waals surface area (Å²) in [6.45, 7) is 1.08. The van der Waals surface area contributed by atoms with Crippen LogP contribution in [-0.2, 0) is 19.6 Å². The number of hydrogen-bond donors (Lipinski definition) is 1. The van der Waals surface area contributed by atoms with Gasteiger partial charge in [-0.1, -0.05) is 49.6 Å². The SMILES string of the molecule is CN([C@H](C(=O)NCCCOC1CCCCC1)c1ccccc1)S(C)(=O)=O. The molecular formula is C19H30N2O4S. The summed E-state index contributed by atoms with van der Waals surface area (Å²) in [7, 11) is -2.07. The Labute approximate surface area is 157 Å². The minimum absolute atomic E-state index is 0.318. The number of carbonyl (C=O) groups is 1. The molecule has 2 rings (SSSR count). The van der Waals surface area contributed by atoms with Gasteiger partial charge in [0, 0.05) is 20.2 Å². The zero-order chi connectivity index (χ0) is 19.0. The topological polar surface area (TPSA) is 75.7 Å². The maximum atomic E-state index is 12.6. The van der Waals surface area contributed by atoms with E-state index in [0.717, 1.165) is 23.4 Å². The Morgan fingerprint density at radius 3 is 2.50 bits per heavy atom. The number of nitrogens with one attached hydrogen (secondary N) is 1. The Morgan fingerprint density at radius 1 is 1.23 bits per heavy atom. The number of benzene rings is 1. The number of carbonyl (C=O) groups excluding carboxylic acids is 1. The van der Waals surface area contributed by atoms with Crippen LogP contribution in [0.3, 0.4) is 0 Å². The number of ether oxygens (including phenoxy) is 1. The lowest BCUT2D eigenvalue weighted by molar-refractivity contribution is -0.124. The molecule has 7 heteroatoms. The lowest BCUT2D eigenvalue weighted by atomic mass is 9.98. The van der Waals surface area contributed by atoms with Gasteiger partial charge in [0.2, 0.25) is 15.9 Å². The number of rotatable bonds is 9. The van der Waals surface area contributed by atoms with Gasteiger partial charge in [-0.2, -0.15) is 4.31 Å². The number of nitrogens with zero attached hydrogens (tertiary/aromatic N) is 1. The molecule has 1 fully saturated rings. The zero-order valence-electron chi connectivity index (χ0n) is 15.7. The molecule has 1 atom stereocenters. The Balaban J connectivity index is 1.86. The Kier molecular flexibility index (Phi) is 8.06. The van der Waals surface area contributed by atoms with Gasteiger partial charge >= 0.3 is 0 Å². The molecule has 1 amide bonds. The van der Waals surface area contributed by atoms with Gasteiger partial charge in [0.1, 0.15) is 6.04 Å². The summed E-state index contributed by atoms with van der Waals surface area (Å²) in [6, 6.07) is 8.08. The van der Waals surface area contributed by atoms with E-state index in [4.69, 9.17) is 4.74 Å². The van der Waals surface area contributed by atoms with E-state index in [1.165, 1.54) is 26.3 Å². The fraction of sp³-hybridized carbons (Fsp3) is 0.632. The largest absolute Gasteiger partial charge is 0.378 e. The molecule has 1 N–H and O–H groups in total. The van der Waals surface area contributed by atoms with Crippen LogP contribution in [0.5, 0.6) is 0 Å². The molecule has 0 aromatic heterocycles. The van der Waals surface area contributed by atoms with Gasteiger partial charge in [-0.3, -0.25) is 4.79 Å². The van der Waals surface area contributed by atoms with Crippen LogP contribution in [-0.4, -0.2) is 51.2 Å². The summed E-state index contributed by atoms with van der Waals surface area (Å²) in [5.41, 5.74) is 0.649. The molecule has 1 aliphatic rings. The van der Waals surface area contributed by atoms with Gasteiger partial charge in [-0.25, -0.2) is 8.42 Å². The fourth-order valence-electron chi connectivity index (χ4n) is 3.22. The van der Waals surface area contributed by atoms with Crippen molar-refractivity contribution < 1.29 is 17.9 Å². The molecular weight excluding hydrogens is 352 g/mol. The van der Waals surface area contributed by atoms with Crippen molar-refractivity contribution in [1.29, 1.82) is 0 Å². The monoisotopic (exact) mass is 382 g/mol. The third kappa shape index (κ3) is 6.37. The van der Waals surface area contributed by atoms with Gasteiger partial charge in [0.15, 0.2) is 0 Å². The summed E-state index contributed by atoms with van der Waals surface area (Å²) < 4.78 is 30.8. The second-order valence-electron chi connectivity index (χ2n) is 6.87. The number of sulfonamides is 1. The van der Waals surface area contributed by atoms with Crippen molar-refractivity contribution in [1.82, 2.24) is 9.62 Å². The van der Waals surface area contributed by atoms with E-state index in [0.29, 0.717) is 31.2 Å². The molecule has 0 aliphatic heterocycles. The Hall–Kier alpha value is -1.44. The van der Waals surface area contributed by atoms with Crippen molar-refractivity contribution in [3.63, 3.8) is 0 Å². The summed E-state index contributed by atoms with van der Waals surface area (Å²) in [6.07, 6.45) is 8.19. The second-order valence-corrected chi connectivity index (χ2v) is 8.91. The molecule has 26 heavy (non-hydrogen) atoms. The first kappa shape index (κ1) is 20.9. The minimum Gasteiger partial charge on any atom is -0.378 e. The number of likely N-dealkylation sites (N-methyl/N-ethyl adjacent to an activating group) is 1. The van der Waals surface area contributed by atoms with Crippen molar-refractivity contribution in [3.8, 4) is 0 Å². The molecule has 1 aromatic rings. The van der Waals surface area contributed by atoms with Crippen molar-refractivity contribution in [3.05, 3.63) is 35.9 Å². The van der Waals surface area contributed by atoms with E-state index in [-0.39, 0.29) is 5.91 Å². The number of hydrogen-bond acceptors (Lipinski definition) is 4. The van der Waals surface area contributed by atoms with Crippen LogP contribution in [0.15, 0.2) is 30.3 Å². The second kappa shape index (κ2) is 10.0. The predicted molar refractivity (Wildman–Crippen MR) is 102 cm³/mol. The van der Waals surface area contributed by atoms with Crippen LogP contribution in [0.1, 0.15) is 50.1 Å². The van der Waals surface area contributed by atoms with E-state index in [1.807, 2.05) is 6.07 Å². The minimum atomic E-state index is -3.50. The quantitative estimate of drug-likeness (QED) is 0.666. The summed E-state index contributed by atoms with van der Waals surface area (Å²) in [5.74, 6) is -0.318. The molecule has 6 nitrogen and oxygen atoms in total. The highest BCUT2D eigenvalue weighted by atomic mass is 32.2. The van der Waals surface area contributed by atoms with Crippen molar-refractivity contribution >= 4 is 15.9 Å². The molecule has 0 radical (unpaired) electrons. The average molecular weight is 383 g/mol. The van der Waals surface area contributed by atoms with Crippen LogP contribution in [0.25, 0.3) is 0 Å². The standard InChI is InChI=1S/C19H30N2O4S/c1-21(26(2,23)24)18(16-10-5-3-6-11-16)19(22)20-14-9-15-25-17-12-7-4-8-13-17/h3,5-6,10-11,17-18H,4,7-9,12-15H2,1-2H3,(H,20,22)/t18-/m0/s1. The molecule has 1 aromatic carbocycles. The summed E-state index contributed by atoms with van der Waals surface area (Å²) in [4.78, 5) is 12.6. The van der Waals surface area contributed by atoms with Gasteiger partial charge in [0.25, 0.3) is 0 Å². The lowest BCUT2D eigenvalue weighted by Gasteiger charge is -2.26. The Bertz CT molecular complexity index is 657. The molecule has 1 aliphatic carbocycles. The first-order valence-electron chi connectivity index (χ1n) is 9.27. The lowest BCUT2D eigenvalue weighted by Crippen LogP contribution is -2.41. The fourth-order valence-corrected chi connectivity index (χ4v) is 3.82. The van der Waals surface area contributed by atoms with Gasteiger partial charge in [-0.05, 0) is 24.8 Å². The van der Waals surface area contributed by atoms with E-state index < -0.39 is 16.1 Å². The molecule has 0 unspecified atom stereocenters.